The molecule has 0 spiro atoms. The summed E-state index contributed by atoms with van der Waals surface area (Å²) in [6.07, 6.45) is 2.75. The number of anilines is 1. The first-order chi connectivity index (χ1) is 12.5. The third-order valence-electron chi connectivity index (χ3n) is 4.32. The minimum atomic E-state index is -0.596. The van der Waals surface area contributed by atoms with Gasteiger partial charge in [0.2, 0.25) is 0 Å². The van der Waals surface area contributed by atoms with Crippen molar-refractivity contribution in [2.24, 2.45) is 11.7 Å². The van der Waals surface area contributed by atoms with Gasteiger partial charge in [-0.15, -0.1) is 0 Å². The Labute approximate surface area is 165 Å². The van der Waals surface area contributed by atoms with Crippen LogP contribution in [0.1, 0.15) is 38.1 Å². The molecule has 2 unspecified atom stereocenters. The van der Waals surface area contributed by atoms with Gasteiger partial charge in [-0.25, -0.2) is 14.3 Å². The van der Waals surface area contributed by atoms with Crippen LogP contribution in [0.3, 0.4) is 0 Å². The second kappa shape index (κ2) is 6.99. The zero-order chi connectivity index (χ0) is 19.9. The van der Waals surface area contributed by atoms with Gasteiger partial charge in [0.25, 0.3) is 5.91 Å². The summed E-state index contributed by atoms with van der Waals surface area (Å²) in [5.74, 6) is -0.453. The van der Waals surface area contributed by atoms with Crippen molar-refractivity contribution < 1.29 is 14.3 Å². The summed E-state index contributed by atoms with van der Waals surface area (Å²) in [5.41, 5.74) is 6.21. The number of aromatic nitrogens is 3. The van der Waals surface area contributed by atoms with E-state index in [9.17, 15) is 9.59 Å². The van der Waals surface area contributed by atoms with E-state index in [0.29, 0.717) is 29.0 Å². The van der Waals surface area contributed by atoms with Crippen LogP contribution >= 0.6 is 15.9 Å². The Morgan fingerprint density at radius 2 is 2.07 bits per heavy atom. The molecule has 0 saturated carbocycles. The molecule has 2 aromatic heterocycles. The molecule has 2 amide bonds. The number of rotatable bonds is 3. The van der Waals surface area contributed by atoms with Gasteiger partial charge in [0.05, 0.1) is 23.6 Å². The summed E-state index contributed by atoms with van der Waals surface area (Å²) in [4.78, 5) is 30.3. The predicted molar refractivity (Wildman–Crippen MR) is 104 cm³/mol. The standard InChI is InChI=1S/C17H23BrN6O3/c1-9-6-23(16(26)27-17(2,3)4)7-11(9)21-13-10(14(19)25)5-20-24-8-12(18)22-15(13)24/h5,8-9,11,21H,6-7H2,1-4H3,(H2,19,25). The first kappa shape index (κ1) is 19.4. The van der Waals surface area contributed by atoms with Crippen molar-refractivity contribution in [3.8, 4) is 0 Å². The van der Waals surface area contributed by atoms with E-state index in [2.05, 4.69) is 31.3 Å². The van der Waals surface area contributed by atoms with Gasteiger partial charge >= 0.3 is 6.09 Å². The number of imidazole rings is 1. The molecular formula is C17H23BrN6O3. The number of fused-ring (bicyclic) bond motifs is 1. The number of nitrogens with one attached hydrogen (secondary N) is 1. The second-order valence-electron chi connectivity index (χ2n) is 7.74. The van der Waals surface area contributed by atoms with Crippen molar-refractivity contribution in [1.29, 1.82) is 0 Å². The Kier molecular flexibility index (Phi) is 5.02. The van der Waals surface area contributed by atoms with E-state index in [-0.39, 0.29) is 23.6 Å². The van der Waals surface area contributed by atoms with Gasteiger partial charge < -0.3 is 20.7 Å². The van der Waals surface area contributed by atoms with Crippen molar-refractivity contribution in [2.45, 2.75) is 39.3 Å². The van der Waals surface area contributed by atoms with Crippen LogP contribution in [0.5, 0.6) is 0 Å². The van der Waals surface area contributed by atoms with Gasteiger partial charge in [-0.2, -0.15) is 5.10 Å². The average Bonchev–Trinajstić information content (AvgIpc) is 3.08. The number of halogens is 1. The van der Waals surface area contributed by atoms with Gasteiger partial charge in [0, 0.05) is 19.1 Å². The highest BCUT2D eigenvalue weighted by Gasteiger charge is 2.35. The zero-order valence-electron chi connectivity index (χ0n) is 15.7. The molecule has 1 fully saturated rings. The fourth-order valence-corrected chi connectivity index (χ4v) is 3.41. The number of amides is 2. The minimum Gasteiger partial charge on any atom is -0.444 e. The van der Waals surface area contributed by atoms with Crippen LogP contribution in [0.2, 0.25) is 0 Å². The van der Waals surface area contributed by atoms with Crippen LogP contribution in [0.4, 0.5) is 10.5 Å². The number of hydrogen-bond donors (Lipinski definition) is 2. The molecule has 10 heteroatoms. The van der Waals surface area contributed by atoms with E-state index < -0.39 is 11.5 Å². The number of ether oxygens (including phenoxy) is 1. The van der Waals surface area contributed by atoms with E-state index in [1.807, 2.05) is 27.7 Å². The van der Waals surface area contributed by atoms with Crippen molar-refractivity contribution >= 4 is 39.3 Å². The van der Waals surface area contributed by atoms with Crippen molar-refractivity contribution in [2.75, 3.05) is 18.4 Å². The molecule has 2 atom stereocenters. The quantitative estimate of drug-likeness (QED) is 0.758. The SMILES string of the molecule is CC1CN(C(=O)OC(C)(C)C)CC1Nc1c(C(N)=O)cnn2cc(Br)nc12. The van der Waals surface area contributed by atoms with Crippen LogP contribution in [-0.2, 0) is 4.74 Å². The molecule has 146 valence electrons. The molecule has 2 aromatic rings. The highest BCUT2D eigenvalue weighted by molar-refractivity contribution is 9.10. The normalized spacial score (nSPS) is 20.1. The number of likely N-dealkylation sites (tertiary alicyclic amines) is 1. The molecular weight excluding hydrogens is 416 g/mol. The van der Waals surface area contributed by atoms with Crippen LogP contribution in [0.25, 0.3) is 5.65 Å². The third kappa shape index (κ3) is 4.15. The summed E-state index contributed by atoms with van der Waals surface area (Å²) >= 11 is 3.32. The maximum Gasteiger partial charge on any atom is 0.410 e. The maximum atomic E-state index is 12.4. The lowest BCUT2D eigenvalue weighted by molar-refractivity contribution is 0.0288. The monoisotopic (exact) mass is 438 g/mol. The largest absolute Gasteiger partial charge is 0.444 e. The van der Waals surface area contributed by atoms with Crippen molar-refractivity contribution in [3.05, 3.63) is 22.6 Å². The number of carbonyl (C=O) groups is 2. The molecule has 0 aromatic carbocycles. The molecule has 27 heavy (non-hydrogen) atoms. The molecule has 1 aliphatic heterocycles. The summed E-state index contributed by atoms with van der Waals surface area (Å²) in [6, 6.07) is -0.0858. The van der Waals surface area contributed by atoms with E-state index in [0.717, 1.165) is 0 Å². The second-order valence-corrected chi connectivity index (χ2v) is 8.56. The predicted octanol–water partition coefficient (Wildman–Crippen LogP) is 2.26. The Morgan fingerprint density at radius 3 is 2.70 bits per heavy atom. The molecule has 1 aliphatic rings. The first-order valence-corrected chi connectivity index (χ1v) is 9.42. The van der Waals surface area contributed by atoms with Gasteiger partial charge in [-0.1, -0.05) is 6.92 Å². The Balaban J connectivity index is 1.86. The van der Waals surface area contributed by atoms with E-state index >= 15 is 0 Å². The molecule has 1 saturated heterocycles. The molecule has 0 bridgehead atoms. The number of hydrogen-bond acceptors (Lipinski definition) is 6. The molecule has 9 nitrogen and oxygen atoms in total. The van der Waals surface area contributed by atoms with Crippen LogP contribution in [0, 0.1) is 5.92 Å². The molecule has 0 radical (unpaired) electrons. The highest BCUT2D eigenvalue weighted by Crippen LogP contribution is 2.28. The van der Waals surface area contributed by atoms with Crippen molar-refractivity contribution in [3.63, 3.8) is 0 Å². The summed E-state index contributed by atoms with van der Waals surface area (Å²) < 4.78 is 7.61. The first-order valence-electron chi connectivity index (χ1n) is 8.63. The van der Waals surface area contributed by atoms with E-state index in [1.165, 1.54) is 6.20 Å². The number of nitrogens with two attached hydrogens (primary N) is 1. The topological polar surface area (TPSA) is 115 Å². The van der Waals surface area contributed by atoms with E-state index in [4.69, 9.17) is 10.5 Å². The lowest BCUT2D eigenvalue weighted by atomic mass is 10.1. The zero-order valence-corrected chi connectivity index (χ0v) is 17.3. The maximum absolute atomic E-state index is 12.4. The number of nitrogens with zero attached hydrogens (tertiary/aromatic N) is 4. The Hall–Kier alpha value is -2.36. The van der Waals surface area contributed by atoms with Crippen LogP contribution in [-0.4, -0.2) is 56.2 Å². The lowest BCUT2D eigenvalue weighted by Gasteiger charge is -2.24. The molecule has 3 N–H and O–H groups in total. The molecule has 0 aliphatic carbocycles. The smallest absolute Gasteiger partial charge is 0.410 e. The van der Waals surface area contributed by atoms with Gasteiger partial charge in [-0.05, 0) is 42.6 Å². The Morgan fingerprint density at radius 1 is 1.37 bits per heavy atom. The highest BCUT2D eigenvalue weighted by atomic mass is 79.9. The fourth-order valence-electron chi connectivity index (χ4n) is 3.05. The fraction of sp³-hybridized carbons (Fsp3) is 0.529. The number of primary amides is 1. The lowest BCUT2D eigenvalue weighted by Crippen LogP contribution is -2.36. The van der Waals surface area contributed by atoms with E-state index in [1.54, 1.807) is 15.6 Å². The van der Waals surface area contributed by atoms with Gasteiger partial charge in [0.15, 0.2) is 5.65 Å². The van der Waals surface area contributed by atoms with Crippen LogP contribution in [0.15, 0.2) is 17.0 Å². The van der Waals surface area contributed by atoms with Crippen molar-refractivity contribution in [1.82, 2.24) is 19.5 Å². The van der Waals surface area contributed by atoms with Gasteiger partial charge in [0.1, 0.15) is 10.2 Å². The van der Waals surface area contributed by atoms with Gasteiger partial charge in [-0.3, -0.25) is 4.79 Å². The third-order valence-corrected chi connectivity index (χ3v) is 4.70. The molecule has 3 rings (SSSR count). The number of carbonyl (C=O) groups excluding carboxylic acids is 2. The average molecular weight is 439 g/mol. The minimum absolute atomic E-state index is 0.0858. The van der Waals surface area contributed by atoms with Crippen LogP contribution < -0.4 is 11.1 Å². The Bertz CT molecular complexity index is 891. The summed E-state index contributed by atoms with van der Waals surface area (Å²) in [7, 11) is 0. The molecule has 3 heterocycles. The summed E-state index contributed by atoms with van der Waals surface area (Å²) in [5, 5.41) is 7.51. The summed E-state index contributed by atoms with van der Waals surface area (Å²) in [6.45, 7) is 8.55.